The van der Waals surface area contributed by atoms with Gasteiger partial charge in [-0.3, -0.25) is 4.79 Å². The molecule has 0 aromatic heterocycles. The van der Waals surface area contributed by atoms with E-state index in [1.165, 1.54) is 0 Å². The molecule has 0 heterocycles. The Morgan fingerprint density at radius 3 is 2.64 bits per heavy atom. The number of hydrogen-bond acceptors (Lipinski definition) is 3. The predicted molar refractivity (Wildman–Crippen MR) is 52.6 cm³/mol. The highest BCUT2D eigenvalue weighted by molar-refractivity contribution is 5.72. The van der Waals surface area contributed by atoms with E-state index in [-0.39, 0.29) is 23.4 Å². The third kappa shape index (κ3) is 2.03. The number of hydrogen-bond donors (Lipinski definition) is 0. The summed E-state index contributed by atoms with van der Waals surface area (Å²) in [6.07, 6.45) is 3.29. The minimum Gasteiger partial charge on any atom is -0.461 e. The average molecular weight is 196 g/mol. The van der Waals surface area contributed by atoms with Gasteiger partial charge in [-0.25, -0.2) is 0 Å². The van der Waals surface area contributed by atoms with Crippen molar-refractivity contribution in [2.45, 2.75) is 32.8 Å². The Kier molecular flexibility index (Phi) is 3.09. The van der Waals surface area contributed by atoms with Crippen LogP contribution in [0.5, 0.6) is 0 Å². The van der Waals surface area contributed by atoms with Gasteiger partial charge in [0.1, 0.15) is 12.4 Å². The average Bonchev–Trinajstić information content (AvgIpc) is 2.64. The fourth-order valence-electron chi connectivity index (χ4n) is 1.52. The van der Waals surface area contributed by atoms with Crippen LogP contribution in [0, 0.1) is 11.3 Å². The molecule has 1 saturated carbocycles. The maximum atomic E-state index is 11.2. The summed E-state index contributed by atoms with van der Waals surface area (Å²) in [5.74, 6) is -0.373. The van der Waals surface area contributed by atoms with Crippen LogP contribution in [-0.2, 0) is 14.3 Å². The Morgan fingerprint density at radius 2 is 2.21 bits per heavy atom. The second-order valence-electron chi connectivity index (χ2n) is 4.22. The third-order valence-corrected chi connectivity index (χ3v) is 2.77. The topological polar surface area (TPSA) is 43.4 Å². The molecular formula is C11H16O3. The van der Waals surface area contributed by atoms with E-state index in [4.69, 9.17) is 4.74 Å². The van der Waals surface area contributed by atoms with Crippen LogP contribution >= 0.6 is 0 Å². The van der Waals surface area contributed by atoms with Crippen LogP contribution in [0.15, 0.2) is 12.7 Å². The lowest BCUT2D eigenvalue weighted by Crippen LogP contribution is -2.09. The Hall–Kier alpha value is -1.12. The highest BCUT2D eigenvalue weighted by atomic mass is 16.6. The molecule has 1 aliphatic carbocycles. The van der Waals surface area contributed by atoms with Crippen molar-refractivity contribution in [1.29, 1.82) is 0 Å². The summed E-state index contributed by atoms with van der Waals surface area (Å²) < 4.78 is 5.16. The highest BCUT2D eigenvalue weighted by Crippen LogP contribution is 2.52. The van der Waals surface area contributed by atoms with Gasteiger partial charge in [0.15, 0.2) is 0 Å². The standard InChI is InChI=1S/C11H16O3/c1-4-5-6-9(13)14-10-8(7-12)11(10,2)3/h4,7-8,10H,1,5-6H2,2-3H3. The van der Waals surface area contributed by atoms with Gasteiger partial charge < -0.3 is 9.53 Å². The summed E-state index contributed by atoms with van der Waals surface area (Å²) in [5, 5.41) is 0. The van der Waals surface area contributed by atoms with Gasteiger partial charge in [0.2, 0.25) is 0 Å². The molecule has 0 N–H and O–H groups in total. The molecule has 2 atom stereocenters. The van der Waals surface area contributed by atoms with Crippen molar-refractivity contribution in [3.8, 4) is 0 Å². The molecule has 3 heteroatoms. The van der Waals surface area contributed by atoms with Crippen LogP contribution in [0.1, 0.15) is 26.7 Å². The Bertz CT molecular complexity index is 255. The molecule has 0 aromatic carbocycles. The molecule has 0 aromatic rings. The Balaban J connectivity index is 2.36. The molecule has 14 heavy (non-hydrogen) atoms. The molecule has 2 unspecified atom stereocenters. The molecule has 0 bridgehead atoms. The van der Waals surface area contributed by atoms with E-state index in [2.05, 4.69) is 6.58 Å². The van der Waals surface area contributed by atoms with E-state index in [0.29, 0.717) is 12.8 Å². The van der Waals surface area contributed by atoms with E-state index in [1.807, 2.05) is 13.8 Å². The van der Waals surface area contributed by atoms with E-state index in [0.717, 1.165) is 6.29 Å². The number of carbonyl (C=O) groups is 2. The van der Waals surface area contributed by atoms with Crippen LogP contribution in [0.3, 0.4) is 0 Å². The predicted octanol–water partition coefficient (Wildman–Crippen LogP) is 1.72. The van der Waals surface area contributed by atoms with E-state index in [1.54, 1.807) is 6.08 Å². The number of allylic oxidation sites excluding steroid dienone is 1. The Labute approximate surface area is 84.1 Å². The summed E-state index contributed by atoms with van der Waals surface area (Å²) >= 11 is 0. The van der Waals surface area contributed by atoms with Crippen LogP contribution in [-0.4, -0.2) is 18.4 Å². The number of esters is 1. The SMILES string of the molecule is C=CCCC(=O)OC1C(C=O)C1(C)C. The van der Waals surface area contributed by atoms with Gasteiger partial charge in [0, 0.05) is 11.8 Å². The molecule has 78 valence electrons. The summed E-state index contributed by atoms with van der Waals surface area (Å²) in [6, 6.07) is 0. The van der Waals surface area contributed by atoms with Crippen LogP contribution in [0.25, 0.3) is 0 Å². The lowest BCUT2D eigenvalue weighted by atomic mass is 10.1. The number of carbonyl (C=O) groups excluding carboxylic acids is 2. The first-order chi connectivity index (χ1) is 6.54. The first-order valence-corrected chi connectivity index (χ1v) is 4.79. The van der Waals surface area contributed by atoms with E-state index in [9.17, 15) is 9.59 Å². The smallest absolute Gasteiger partial charge is 0.306 e. The molecular weight excluding hydrogens is 180 g/mol. The lowest BCUT2D eigenvalue weighted by molar-refractivity contribution is -0.146. The second kappa shape index (κ2) is 3.95. The largest absolute Gasteiger partial charge is 0.461 e. The van der Waals surface area contributed by atoms with Crippen LogP contribution in [0.4, 0.5) is 0 Å². The maximum absolute atomic E-state index is 11.2. The quantitative estimate of drug-likeness (QED) is 0.382. The van der Waals surface area contributed by atoms with Gasteiger partial charge in [-0.05, 0) is 6.42 Å². The van der Waals surface area contributed by atoms with Gasteiger partial charge in [0.05, 0.1) is 5.92 Å². The normalized spacial score (nSPS) is 27.9. The van der Waals surface area contributed by atoms with Gasteiger partial charge >= 0.3 is 5.97 Å². The van der Waals surface area contributed by atoms with Crippen molar-refractivity contribution < 1.29 is 14.3 Å². The monoisotopic (exact) mass is 196 g/mol. The molecule has 1 fully saturated rings. The third-order valence-electron chi connectivity index (χ3n) is 2.77. The minimum absolute atomic E-state index is 0.129. The molecule has 0 spiro atoms. The molecule has 0 aliphatic heterocycles. The summed E-state index contributed by atoms with van der Waals surface area (Å²) in [6.45, 7) is 7.38. The van der Waals surface area contributed by atoms with Crippen molar-refractivity contribution >= 4 is 12.3 Å². The lowest BCUT2D eigenvalue weighted by Gasteiger charge is -2.04. The zero-order valence-corrected chi connectivity index (χ0v) is 8.66. The maximum Gasteiger partial charge on any atom is 0.306 e. The minimum atomic E-state index is -0.243. The molecule has 3 nitrogen and oxygen atoms in total. The molecule has 1 aliphatic rings. The summed E-state index contributed by atoms with van der Waals surface area (Å²) in [4.78, 5) is 21.8. The van der Waals surface area contributed by atoms with Crippen molar-refractivity contribution in [2.75, 3.05) is 0 Å². The van der Waals surface area contributed by atoms with Crippen molar-refractivity contribution in [2.24, 2.45) is 11.3 Å². The zero-order chi connectivity index (χ0) is 10.8. The van der Waals surface area contributed by atoms with Crippen LogP contribution in [0.2, 0.25) is 0 Å². The van der Waals surface area contributed by atoms with E-state index < -0.39 is 0 Å². The number of ether oxygens (including phenoxy) is 1. The molecule has 0 amide bonds. The molecule has 0 saturated heterocycles. The zero-order valence-electron chi connectivity index (χ0n) is 8.66. The van der Waals surface area contributed by atoms with Gasteiger partial charge in [0.25, 0.3) is 0 Å². The van der Waals surface area contributed by atoms with Crippen molar-refractivity contribution in [1.82, 2.24) is 0 Å². The van der Waals surface area contributed by atoms with Crippen molar-refractivity contribution in [3.05, 3.63) is 12.7 Å². The first kappa shape index (κ1) is 11.0. The number of aldehydes is 1. The number of rotatable bonds is 5. The fraction of sp³-hybridized carbons (Fsp3) is 0.636. The summed E-state index contributed by atoms with van der Waals surface area (Å²) in [5.41, 5.74) is -0.175. The first-order valence-electron chi connectivity index (χ1n) is 4.79. The van der Waals surface area contributed by atoms with Crippen LogP contribution < -0.4 is 0 Å². The molecule has 0 radical (unpaired) electrons. The Morgan fingerprint density at radius 1 is 1.57 bits per heavy atom. The van der Waals surface area contributed by atoms with Gasteiger partial charge in [-0.15, -0.1) is 6.58 Å². The summed E-state index contributed by atoms with van der Waals surface area (Å²) in [7, 11) is 0. The second-order valence-corrected chi connectivity index (χ2v) is 4.22. The molecule has 1 rings (SSSR count). The van der Waals surface area contributed by atoms with Gasteiger partial charge in [-0.2, -0.15) is 0 Å². The highest BCUT2D eigenvalue weighted by Gasteiger charge is 2.61. The fourth-order valence-corrected chi connectivity index (χ4v) is 1.52. The van der Waals surface area contributed by atoms with Crippen molar-refractivity contribution in [3.63, 3.8) is 0 Å². The van der Waals surface area contributed by atoms with Gasteiger partial charge in [-0.1, -0.05) is 19.9 Å². The van der Waals surface area contributed by atoms with E-state index >= 15 is 0 Å².